The van der Waals surface area contributed by atoms with Gasteiger partial charge in [-0.3, -0.25) is 0 Å². The van der Waals surface area contributed by atoms with Gasteiger partial charge in [-0.1, -0.05) is 61.8 Å². The van der Waals surface area contributed by atoms with E-state index in [0.29, 0.717) is 0 Å². The molecule has 0 atom stereocenters. The molecular formula is C24H34Cl3N3. The highest BCUT2D eigenvalue weighted by molar-refractivity contribution is 6.31. The average molecular weight is 471 g/mol. The van der Waals surface area contributed by atoms with Crippen LogP contribution in [0, 0.1) is 6.92 Å². The number of nitrogens with zero attached hydrogens (tertiary/aromatic N) is 2. The van der Waals surface area contributed by atoms with Crippen LogP contribution in [0.4, 0.5) is 0 Å². The maximum atomic E-state index is 6.42. The van der Waals surface area contributed by atoms with Crippen LogP contribution in [-0.4, -0.2) is 35.6 Å². The summed E-state index contributed by atoms with van der Waals surface area (Å²) in [5.74, 6) is 0. The summed E-state index contributed by atoms with van der Waals surface area (Å²) in [6, 6.07) is 16.8. The van der Waals surface area contributed by atoms with E-state index < -0.39 is 0 Å². The topological polar surface area (TPSA) is 20.2 Å². The highest BCUT2D eigenvalue weighted by atomic mass is 35.5. The molecule has 0 spiro atoms. The number of benzene rings is 2. The van der Waals surface area contributed by atoms with E-state index in [0.717, 1.165) is 49.9 Å². The number of halogens is 3. The van der Waals surface area contributed by atoms with Crippen molar-refractivity contribution in [3.05, 3.63) is 70.4 Å². The van der Waals surface area contributed by atoms with Gasteiger partial charge in [0.05, 0.1) is 0 Å². The van der Waals surface area contributed by atoms with Crippen molar-refractivity contribution in [2.45, 2.75) is 40.3 Å². The van der Waals surface area contributed by atoms with Gasteiger partial charge in [-0.2, -0.15) is 0 Å². The van der Waals surface area contributed by atoms with Crippen LogP contribution in [0.25, 0.3) is 10.9 Å². The van der Waals surface area contributed by atoms with Crippen molar-refractivity contribution < 1.29 is 0 Å². The third-order valence-corrected chi connectivity index (χ3v) is 6.04. The van der Waals surface area contributed by atoms with E-state index in [1.165, 1.54) is 28.6 Å². The summed E-state index contributed by atoms with van der Waals surface area (Å²) in [6.45, 7) is 12.9. The zero-order valence-corrected chi connectivity index (χ0v) is 20.5. The van der Waals surface area contributed by atoms with Crippen molar-refractivity contribution in [1.82, 2.24) is 14.8 Å². The molecule has 0 unspecified atom stereocenters. The van der Waals surface area contributed by atoms with Gasteiger partial charge in [0, 0.05) is 34.7 Å². The average Bonchev–Trinajstić information content (AvgIpc) is 2.98. The van der Waals surface area contributed by atoms with E-state index in [1.807, 2.05) is 12.1 Å². The van der Waals surface area contributed by atoms with Crippen LogP contribution in [0.2, 0.25) is 5.02 Å². The Balaban J connectivity index is 0.00000225. The Labute approximate surface area is 198 Å². The second-order valence-corrected chi connectivity index (χ2v) is 7.72. The Morgan fingerprint density at radius 1 is 0.967 bits per heavy atom. The molecule has 6 heteroatoms. The summed E-state index contributed by atoms with van der Waals surface area (Å²) in [5, 5.41) is 5.83. The molecule has 1 heterocycles. The molecule has 0 fully saturated rings. The Hall–Kier alpha value is -1.23. The predicted octanol–water partition coefficient (Wildman–Crippen LogP) is 6.32. The van der Waals surface area contributed by atoms with E-state index in [4.69, 9.17) is 11.6 Å². The maximum Gasteiger partial charge on any atom is 0.0493 e. The number of fused-ring (bicyclic) bond motifs is 1. The van der Waals surface area contributed by atoms with E-state index in [9.17, 15) is 0 Å². The lowest BCUT2D eigenvalue weighted by atomic mass is 10.1. The molecular weight excluding hydrogens is 437 g/mol. The van der Waals surface area contributed by atoms with Gasteiger partial charge < -0.3 is 14.8 Å². The van der Waals surface area contributed by atoms with Crippen molar-refractivity contribution >= 4 is 47.3 Å². The van der Waals surface area contributed by atoms with Crippen molar-refractivity contribution in [2.24, 2.45) is 0 Å². The highest BCUT2D eigenvalue weighted by Gasteiger charge is 2.14. The largest absolute Gasteiger partial charge is 0.340 e. The fourth-order valence-corrected chi connectivity index (χ4v) is 4.10. The number of rotatable bonds is 10. The molecule has 0 aliphatic rings. The molecule has 3 nitrogen and oxygen atoms in total. The molecule has 30 heavy (non-hydrogen) atoms. The molecule has 0 amide bonds. The monoisotopic (exact) mass is 469 g/mol. The van der Waals surface area contributed by atoms with Crippen molar-refractivity contribution in [2.75, 3.05) is 26.2 Å². The minimum absolute atomic E-state index is 0. The van der Waals surface area contributed by atoms with Gasteiger partial charge >= 0.3 is 0 Å². The van der Waals surface area contributed by atoms with Gasteiger partial charge in [-0.05, 0) is 62.8 Å². The molecule has 0 aliphatic carbocycles. The number of nitrogens with one attached hydrogen (secondary N) is 1. The van der Waals surface area contributed by atoms with Gasteiger partial charge in [0.2, 0.25) is 0 Å². The summed E-state index contributed by atoms with van der Waals surface area (Å²) in [5.41, 5.74) is 5.15. The predicted molar refractivity (Wildman–Crippen MR) is 136 cm³/mol. The lowest BCUT2D eigenvalue weighted by Gasteiger charge is -2.17. The van der Waals surface area contributed by atoms with Crippen LogP contribution in [0.3, 0.4) is 0 Å². The SMILES string of the molecule is CCN(CC)CCCNCc1c(C)n(Cc2ccccc2Cl)c2ccccc12.Cl.Cl. The van der Waals surface area contributed by atoms with Gasteiger partial charge in [0.25, 0.3) is 0 Å². The Bertz CT molecular complexity index is 904. The quantitative estimate of drug-likeness (QED) is 0.350. The summed E-state index contributed by atoms with van der Waals surface area (Å²) in [7, 11) is 0. The van der Waals surface area contributed by atoms with Crippen LogP contribution in [0.1, 0.15) is 37.1 Å². The molecule has 2 aromatic carbocycles. The van der Waals surface area contributed by atoms with Crippen molar-refractivity contribution in [3.63, 3.8) is 0 Å². The highest BCUT2D eigenvalue weighted by Crippen LogP contribution is 2.28. The first-order valence-electron chi connectivity index (χ1n) is 10.4. The van der Waals surface area contributed by atoms with Crippen LogP contribution in [0.5, 0.6) is 0 Å². The Kier molecular flexibility index (Phi) is 11.8. The zero-order valence-electron chi connectivity index (χ0n) is 18.2. The van der Waals surface area contributed by atoms with Crippen molar-refractivity contribution in [3.8, 4) is 0 Å². The lowest BCUT2D eigenvalue weighted by Crippen LogP contribution is -2.27. The summed E-state index contributed by atoms with van der Waals surface area (Å²) in [4.78, 5) is 2.47. The second kappa shape index (κ2) is 13.2. The number of hydrogen-bond acceptors (Lipinski definition) is 2. The molecule has 0 radical (unpaired) electrons. The molecule has 1 aromatic heterocycles. The van der Waals surface area contributed by atoms with Gasteiger partial charge in [-0.15, -0.1) is 24.8 Å². The van der Waals surface area contributed by atoms with Crippen LogP contribution >= 0.6 is 36.4 Å². The van der Waals surface area contributed by atoms with Gasteiger partial charge in [0.15, 0.2) is 0 Å². The minimum atomic E-state index is 0. The molecule has 3 rings (SSSR count). The third-order valence-electron chi connectivity index (χ3n) is 5.67. The smallest absolute Gasteiger partial charge is 0.0493 e. The molecule has 0 saturated heterocycles. The molecule has 0 saturated carbocycles. The minimum Gasteiger partial charge on any atom is -0.340 e. The first-order chi connectivity index (χ1) is 13.7. The van der Waals surface area contributed by atoms with E-state index >= 15 is 0 Å². The van der Waals surface area contributed by atoms with E-state index in [1.54, 1.807) is 0 Å². The first kappa shape index (κ1) is 26.8. The third kappa shape index (κ3) is 6.38. The van der Waals surface area contributed by atoms with Crippen LogP contribution in [0.15, 0.2) is 48.5 Å². The fraction of sp³-hybridized carbons (Fsp3) is 0.417. The summed E-state index contributed by atoms with van der Waals surface area (Å²) >= 11 is 6.42. The molecule has 0 bridgehead atoms. The van der Waals surface area contributed by atoms with Crippen molar-refractivity contribution in [1.29, 1.82) is 0 Å². The number of hydrogen-bond donors (Lipinski definition) is 1. The second-order valence-electron chi connectivity index (χ2n) is 7.32. The molecule has 166 valence electrons. The number of aromatic nitrogens is 1. The Morgan fingerprint density at radius 3 is 2.33 bits per heavy atom. The van der Waals surface area contributed by atoms with Gasteiger partial charge in [0.1, 0.15) is 0 Å². The van der Waals surface area contributed by atoms with E-state index in [-0.39, 0.29) is 24.8 Å². The maximum absolute atomic E-state index is 6.42. The normalized spacial score (nSPS) is 10.8. The zero-order chi connectivity index (χ0) is 19.9. The van der Waals surface area contributed by atoms with Gasteiger partial charge in [-0.25, -0.2) is 0 Å². The standard InChI is InChI=1S/C24H32ClN3.2ClH/c1-4-27(5-2)16-10-15-26-17-22-19(3)28(24-14-9-7-12-21(22)24)18-20-11-6-8-13-23(20)25;;/h6-9,11-14,26H,4-5,10,15-18H2,1-3H3;2*1H. The summed E-state index contributed by atoms with van der Waals surface area (Å²) < 4.78 is 2.39. The molecule has 0 aliphatic heterocycles. The Morgan fingerprint density at radius 2 is 1.63 bits per heavy atom. The molecule has 3 aromatic rings. The summed E-state index contributed by atoms with van der Waals surface area (Å²) in [6.07, 6.45) is 1.18. The van der Waals surface area contributed by atoms with Crippen LogP contribution in [-0.2, 0) is 13.1 Å². The lowest BCUT2D eigenvalue weighted by molar-refractivity contribution is 0.298. The number of para-hydroxylation sites is 1. The fourth-order valence-electron chi connectivity index (χ4n) is 3.91. The molecule has 1 N–H and O–H groups in total. The first-order valence-corrected chi connectivity index (χ1v) is 10.8. The van der Waals surface area contributed by atoms with Crippen LogP contribution < -0.4 is 5.32 Å². The van der Waals surface area contributed by atoms with E-state index in [2.05, 4.69) is 72.0 Å².